The number of likely N-dealkylation sites (N-methyl/N-ethyl adjacent to an activating group) is 1. The monoisotopic (exact) mass is 446 g/mol. The zero-order valence-electron chi connectivity index (χ0n) is 17.6. The quantitative estimate of drug-likeness (QED) is 0.497. The highest BCUT2D eigenvalue weighted by atomic mass is 19.1. The number of benzene rings is 2. The molecule has 0 unspecified atom stereocenters. The van der Waals surface area contributed by atoms with Crippen molar-refractivity contribution >= 4 is 28.4 Å². The number of aromatic amines is 1. The second-order valence-corrected chi connectivity index (χ2v) is 7.63. The number of rotatable bonds is 4. The van der Waals surface area contributed by atoms with Crippen molar-refractivity contribution in [1.82, 2.24) is 25.5 Å². The lowest BCUT2D eigenvalue weighted by Gasteiger charge is -2.21. The van der Waals surface area contributed by atoms with Crippen molar-refractivity contribution in [3.05, 3.63) is 77.8 Å². The highest BCUT2D eigenvalue weighted by Crippen LogP contribution is 2.37. The summed E-state index contributed by atoms with van der Waals surface area (Å²) in [7, 11) is 1.63. The number of amides is 2. The summed E-state index contributed by atoms with van der Waals surface area (Å²) in [5, 5.41) is 10.0. The first-order chi connectivity index (χ1) is 16.0. The maximum atomic E-state index is 13.4. The van der Waals surface area contributed by atoms with Crippen molar-refractivity contribution < 1.29 is 18.7 Å². The number of nitrogens with zero attached hydrogens (tertiary/aromatic N) is 4. The fourth-order valence-corrected chi connectivity index (χ4v) is 3.81. The minimum atomic E-state index is -0.938. The van der Waals surface area contributed by atoms with Crippen molar-refractivity contribution in [2.45, 2.75) is 12.5 Å². The molecule has 2 aromatic carbocycles. The molecule has 0 bridgehead atoms. The smallest absolute Gasteiger partial charge is 0.291 e. The number of carbonyl (C=O) groups excluding carboxylic acids is 2. The number of carbonyl (C=O) groups is 2. The molecular weight excluding hydrogens is 427 g/mol. The lowest BCUT2D eigenvalue weighted by atomic mass is 10.1. The van der Waals surface area contributed by atoms with Crippen molar-refractivity contribution in [3.63, 3.8) is 0 Å². The van der Waals surface area contributed by atoms with Crippen molar-refractivity contribution in [3.8, 4) is 5.75 Å². The second kappa shape index (κ2) is 8.30. The number of nitrogens with one attached hydrogen (secondary N) is 2. The van der Waals surface area contributed by atoms with E-state index in [1.54, 1.807) is 37.5 Å². The van der Waals surface area contributed by atoms with Gasteiger partial charge in [0.05, 0.1) is 11.2 Å². The van der Waals surface area contributed by atoms with E-state index in [4.69, 9.17) is 4.74 Å². The third-order valence-corrected chi connectivity index (χ3v) is 5.39. The molecule has 2 N–H and O–H groups in total. The average molecular weight is 446 g/mol. The molecular formula is C23H19FN6O3. The summed E-state index contributed by atoms with van der Waals surface area (Å²) >= 11 is 0. The zero-order valence-corrected chi connectivity index (χ0v) is 17.6. The lowest BCUT2D eigenvalue weighted by molar-refractivity contribution is -0.120. The summed E-state index contributed by atoms with van der Waals surface area (Å²) in [6.07, 6.45) is 1.96. The van der Waals surface area contributed by atoms with E-state index in [1.165, 1.54) is 17.0 Å². The first kappa shape index (κ1) is 20.6. The summed E-state index contributed by atoms with van der Waals surface area (Å²) < 4.78 is 19.2. The van der Waals surface area contributed by atoms with Crippen LogP contribution in [0, 0.1) is 5.82 Å². The Kier molecular flexibility index (Phi) is 5.17. The summed E-state index contributed by atoms with van der Waals surface area (Å²) in [5.41, 5.74) is 2.01. The van der Waals surface area contributed by atoms with Crippen LogP contribution in [-0.2, 0) is 11.2 Å². The molecule has 0 aliphatic carbocycles. The number of pyridine rings is 1. The van der Waals surface area contributed by atoms with E-state index in [9.17, 15) is 14.0 Å². The van der Waals surface area contributed by atoms with E-state index < -0.39 is 11.9 Å². The first-order valence-electron chi connectivity index (χ1n) is 10.2. The van der Waals surface area contributed by atoms with Gasteiger partial charge >= 0.3 is 0 Å². The Balaban J connectivity index is 1.33. The fourth-order valence-electron chi connectivity index (χ4n) is 3.81. The highest BCUT2D eigenvalue weighted by molar-refractivity contribution is 6.08. The van der Waals surface area contributed by atoms with Crippen LogP contribution >= 0.6 is 0 Å². The number of fused-ring (bicyclic) bond motifs is 3. The van der Waals surface area contributed by atoms with Crippen LogP contribution in [0.2, 0.25) is 0 Å². The van der Waals surface area contributed by atoms with E-state index in [0.29, 0.717) is 22.8 Å². The molecule has 2 aromatic heterocycles. The van der Waals surface area contributed by atoms with Gasteiger partial charge in [-0.2, -0.15) is 0 Å². The van der Waals surface area contributed by atoms with Gasteiger partial charge in [-0.3, -0.25) is 19.7 Å². The Morgan fingerprint density at radius 3 is 3.00 bits per heavy atom. The molecule has 5 rings (SSSR count). The molecule has 3 heterocycles. The van der Waals surface area contributed by atoms with Gasteiger partial charge in [0, 0.05) is 25.1 Å². The first-order valence-corrected chi connectivity index (χ1v) is 10.2. The lowest BCUT2D eigenvalue weighted by Crippen LogP contribution is -2.49. The largest absolute Gasteiger partial charge is 0.489 e. The van der Waals surface area contributed by atoms with Gasteiger partial charge in [-0.15, -0.1) is 5.10 Å². The van der Waals surface area contributed by atoms with Gasteiger partial charge in [0.25, 0.3) is 11.8 Å². The summed E-state index contributed by atoms with van der Waals surface area (Å²) in [5.74, 6) is -0.506. The second-order valence-electron chi connectivity index (χ2n) is 7.63. The van der Waals surface area contributed by atoms with Gasteiger partial charge in [-0.25, -0.2) is 9.37 Å². The Morgan fingerprint density at radius 1 is 1.27 bits per heavy atom. The molecule has 166 valence electrons. The van der Waals surface area contributed by atoms with E-state index in [0.717, 1.165) is 10.9 Å². The van der Waals surface area contributed by atoms with E-state index in [1.807, 2.05) is 12.1 Å². The summed E-state index contributed by atoms with van der Waals surface area (Å²) in [4.78, 5) is 35.8. The molecule has 2 amide bonds. The molecule has 0 fully saturated rings. The average Bonchev–Trinajstić information content (AvgIpc) is 3.24. The molecule has 33 heavy (non-hydrogen) atoms. The number of anilines is 1. The normalized spacial score (nSPS) is 15.6. The molecule has 10 heteroatoms. The van der Waals surface area contributed by atoms with Gasteiger partial charge in [0.2, 0.25) is 5.82 Å². The molecule has 0 radical (unpaired) electrons. The molecule has 0 saturated heterocycles. The molecule has 1 atom stereocenters. The van der Waals surface area contributed by atoms with Crippen LogP contribution in [0.3, 0.4) is 0 Å². The predicted octanol–water partition coefficient (Wildman–Crippen LogP) is 2.24. The fraction of sp³-hybridized carbons (Fsp3) is 0.174. The third-order valence-electron chi connectivity index (χ3n) is 5.39. The minimum absolute atomic E-state index is 0.0474. The molecule has 1 aliphatic heterocycles. The van der Waals surface area contributed by atoms with Crippen LogP contribution in [0.4, 0.5) is 10.1 Å². The maximum Gasteiger partial charge on any atom is 0.291 e. The van der Waals surface area contributed by atoms with Crippen LogP contribution in [0.25, 0.3) is 10.9 Å². The highest BCUT2D eigenvalue weighted by Gasteiger charge is 2.32. The number of halogens is 1. The van der Waals surface area contributed by atoms with Gasteiger partial charge < -0.3 is 15.0 Å². The standard InChI is InChI=1S/C23H19FN6O3/c1-30-20-15-6-3-9-25-16(15)7-8-18(20)33-12-17(23(30)32)26-22(31)21-27-19(28-29-21)11-13-4-2-5-14(24)10-13/h2-10,17H,11-12H2,1H3,(H,26,31)(H,27,28,29)/t17-/m0/s1. The van der Waals surface area contributed by atoms with Gasteiger partial charge in [0.15, 0.2) is 0 Å². The third kappa shape index (κ3) is 3.98. The number of hydrogen-bond donors (Lipinski definition) is 2. The minimum Gasteiger partial charge on any atom is -0.489 e. The van der Waals surface area contributed by atoms with Crippen LogP contribution in [0.1, 0.15) is 22.0 Å². The van der Waals surface area contributed by atoms with Crippen LogP contribution in [-0.4, -0.2) is 51.7 Å². The Morgan fingerprint density at radius 2 is 2.15 bits per heavy atom. The van der Waals surface area contributed by atoms with Crippen LogP contribution < -0.4 is 15.0 Å². The molecule has 0 spiro atoms. The van der Waals surface area contributed by atoms with Crippen molar-refractivity contribution in [2.75, 3.05) is 18.6 Å². The number of ether oxygens (including phenoxy) is 1. The number of hydrogen-bond acceptors (Lipinski definition) is 6. The van der Waals surface area contributed by atoms with Crippen LogP contribution in [0.5, 0.6) is 5.75 Å². The maximum absolute atomic E-state index is 13.4. The Labute approximate surface area is 187 Å². The Bertz CT molecular complexity index is 1370. The van der Waals surface area contributed by atoms with Gasteiger partial charge in [-0.1, -0.05) is 12.1 Å². The molecule has 4 aromatic rings. The van der Waals surface area contributed by atoms with Gasteiger partial charge in [0.1, 0.15) is 30.0 Å². The molecule has 0 saturated carbocycles. The zero-order chi connectivity index (χ0) is 22.9. The topological polar surface area (TPSA) is 113 Å². The van der Waals surface area contributed by atoms with Crippen molar-refractivity contribution in [2.24, 2.45) is 0 Å². The van der Waals surface area contributed by atoms with Crippen LogP contribution in [0.15, 0.2) is 54.7 Å². The number of aromatic nitrogens is 4. The SMILES string of the molecule is CN1C(=O)[C@@H](NC(=O)c2n[nH]c(Cc3cccc(F)c3)n2)COc2ccc3ncccc3c21. The summed E-state index contributed by atoms with van der Waals surface area (Å²) in [6, 6.07) is 12.4. The van der Waals surface area contributed by atoms with E-state index >= 15 is 0 Å². The van der Waals surface area contributed by atoms with Gasteiger partial charge in [-0.05, 0) is 42.0 Å². The predicted molar refractivity (Wildman–Crippen MR) is 117 cm³/mol. The summed E-state index contributed by atoms with van der Waals surface area (Å²) in [6.45, 7) is -0.0474. The Hall–Kier alpha value is -4.34. The van der Waals surface area contributed by atoms with E-state index in [2.05, 4.69) is 25.5 Å². The molecule has 1 aliphatic rings. The number of H-pyrrole nitrogens is 1. The molecule has 9 nitrogen and oxygen atoms in total. The van der Waals surface area contributed by atoms with E-state index in [-0.39, 0.29) is 30.6 Å². The van der Waals surface area contributed by atoms with Crippen molar-refractivity contribution in [1.29, 1.82) is 0 Å².